The predicted octanol–water partition coefficient (Wildman–Crippen LogP) is 4.57. The van der Waals surface area contributed by atoms with Crippen LogP contribution < -0.4 is 0 Å². The van der Waals surface area contributed by atoms with E-state index in [1.54, 1.807) is 0 Å². The molecule has 0 unspecified atom stereocenters. The maximum absolute atomic E-state index is 13.2. The van der Waals surface area contributed by atoms with Crippen LogP contribution in [0.2, 0.25) is 0 Å². The molecule has 3 aromatic carbocycles. The van der Waals surface area contributed by atoms with E-state index in [0.29, 0.717) is 5.57 Å². The molecule has 3 heteroatoms. The van der Waals surface area contributed by atoms with Crippen LogP contribution in [0.5, 0.6) is 0 Å². The summed E-state index contributed by atoms with van der Waals surface area (Å²) in [4.78, 5) is 13.2. The fraction of sp³-hybridized carbons (Fsp3) is 0.125. The molecule has 27 heavy (non-hydrogen) atoms. The zero-order valence-corrected chi connectivity index (χ0v) is 15.2. The summed E-state index contributed by atoms with van der Waals surface area (Å²) in [5.74, 6) is -0.401. The van der Waals surface area contributed by atoms with Crippen LogP contribution in [0, 0.1) is 0 Å². The molecule has 1 N–H and O–H groups in total. The van der Waals surface area contributed by atoms with Gasteiger partial charge in [0.1, 0.15) is 11.7 Å². The van der Waals surface area contributed by atoms with Gasteiger partial charge in [0, 0.05) is 5.57 Å². The number of esters is 1. The van der Waals surface area contributed by atoms with E-state index >= 15 is 0 Å². The van der Waals surface area contributed by atoms with E-state index in [1.807, 2.05) is 97.9 Å². The maximum atomic E-state index is 13.2. The number of aliphatic hydroxyl groups is 1. The number of ether oxygens (including phenoxy) is 1. The highest BCUT2D eigenvalue weighted by atomic mass is 16.5. The van der Waals surface area contributed by atoms with Gasteiger partial charge in [-0.2, -0.15) is 0 Å². The van der Waals surface area contributed by atoms with Gasteiger partial charge in [-0.1, -0.05) is 91.0 Å². The van der Waals surface area contributed by atoms with E-state index in [4.69, 9.17) is 4.74 Å². The highest BCUT2D eigenvalue weighted by Gasteiger charge is 2.38. The van der Waals surface area contributed by atoms with Gasteiger partial charge in [0.25, 0.3) is 0 Å². The summed E-state index contributed by atoms with van der Waals surface area (Å²) in [6.07, 6.45) is 1.35. The van der Waals surface area contributed by atoms with Crippen molar-refractivity contribution in [3.05, 3.63) is 114 Å². The average molecular weight is 358 g/mol. The van der Waals surface area contributed by atoms with Gasteiger partial charge < -0.3 is 9.84 Å². The third kappa shape index (κ3) is 3.99. The molecular formula is C24H22O3. The molecule has 0 fully saturated rings. The van der Waals surface area contributed by atoms with Gasteiger partial charge in [-0.25, -0.2) is 0 Å². The third-order valence-corrected chi connectivity index (χ3v) is 4.73. The van der Waals surface area contributed by atoms with Crippen molar-refractivity contribution in [3.8, 4) is 0 Å². The highest BCUT2D eigenvalue weighted by Crippen LogP contribution is 2.33. The topological polar surface area (TPSA) is 46.5 Å². The van der Waals surface area contributed by atoms with Gasteiger partial charge >= 0.3 is 5.97 Å². The molecule has 0 radical (unpaired) electrons. The lowest BCUT2D eigenvalue weighted by Crippen LogP contribution is -2.34. The van der Waals surface area contributed by atoms with E-state index in [1.165, 1.54) is 6.26 Å². The summed E-state index contributed by atoms with van der Waals surface area (Å²) in [5.41, 5.74) is 2.09. The number of carbonyl (C=O) groups excluding carboxylic acids is 1. The molecule has 0 aliphatic rings. The number of hydrogen-bond donors (Lipinski definition) is 1. The van der Waals surface area contributed by atoms with Crippen molar-refractivity contribution in [2.45, 2.75) is 12.3 Å². The largest absolute Gasteiger partial charge is 0.433 e. The summed E-state index contributed by atoms with van der Waals surface area (Å²) in [6, 6.07) is 28.5. The van der Waals surface area contributed by atoms with Gasteiger partial charge in [0.2, 0.25) is 0 Å². The minimum atomic E-state index is -0.962. The van der Waals surface area contributed by atoms with Crippen LogP contribution in [0.1, 0.15) is 23.6 Å². The van der Waals surface area contributed by atoms with E-state index in [-0.39, 0.29) is 6.61 Å². The van der Waals surface area contributed by atoms with Crippen LogP contribution in [0.3, 0.4) is 0 Å². The average Bonchev–Trinajstić information content (AvgIpc) is 2.75. The lowest BCUT2D eigenvalue weighted by Gasteiger charge is -2.28. The highest BCUT2D eigenvalue weighted by molar-refractivity contribution is 5.88. The number of carbonyl (C=O) groups is 1. The van der Waals surface area contributed by atoms with E-state index in [2.05, 4.69) is 0 Å². The molecule has 3 aromatic rings. The smallest absolute Gasteiger partial charge is 0.325 e. The van der Waals surface area contributed by atoms with Crippen LogP contribution in [0.25, 0.3) is 5.57 Å². The Balaban J connectivity index is 1.96. The standard InChI is InChI=1S/C24H22O3/c1-24(21-13-7-3-8-14-21,22-15-9-4-10-16-22)23(26)27-18-20(17-25)19-11-5-2-6-12-19/h2-16,18,25H,17H2,1H3/b20-18-. The van der Waals surface area contributed by atoms with Gasteiger partial charge in [-0.3, -0.25) is 4.79 Å². The first-order valence-corrected chi connectivity index (χ1v) is 8.83. The molecule has 3 rings (SSSR count). The Labute approximate surface area is 159 Å². The van der Waals surface area contributed by atoms with Crippen molar-refractivity contribution < 1.29 is 14.6 Å². The molecule has 3 nitrogen and oxygen atoms in total. The Morgan fingerprint density at radius 3 is 1.74 bits per heavy atom. The second kappa shape index (κ2) is 8.47. The van der Waals surface area contributed by atoms with Crippen molar-refractivity contribution in [3.63, 3.8) is 0 Å². The minimum Gasteiger partial charge on any atom is -0.433 e. The van der Waals surface area contributed by atoms with Gasteiger partial charge in [0.05, 0.1) is 6.61 Å². The Kier molecular flexibility index (Phi) is 5.84. The molecular weight excluding hydrogens is 336 g/mol. The predicted molar refractivity (Wildman–Crippen MR) is 107 cm³/mol. The molecule has 0 bridgehead atoms. The fourth-order valence-corrected chi connectivity index (χ4v) is 3.04. The Morgan fingerprint density at radius 2 is 1.30 bits per heavy atom. The molecule has 0 aliphatic heterocycles. The van der Waals surface area contributed by atoms with Gasteiger partial charge in [-0.05, 0) is 23.6 Å². The van der Waals surface area contributed by atoms with E-state index in [0.717, 1.165) is 16.7 Å². The van der Waals surface area contributed by atoms with Gasteiger partial charge in [0.15, 0.2) is 0 Å². The first-order valence-electron chi connectivity index (χ1n) is 8.83. The molecule has 0 saturated heterocycles. The zero-order valence-electron chi connectivity index (χ0n) is 15.2. The lowest BCUT2D eigenvalue weighted by atomic mass is 9.76. The summed E-state index contributed by atoms with van der Waals surface area (Å²) in [6.45, 7) is 1.64. The summed E-state index contributed by atoms with van der Waals surface area (Å²) < 4.78 is 5.56. The zero-order chi connectivity index (χ0) is 19.1. The summed E-state index contributed by atoms with van der Waals surface area (Å²) in [5, 5.41) is 9.67. The SMILES string of the molecule is CC(C(=O)O/C=C(/CO)c1ccccc1)(c1ccccc1)c1ccccc1. The fourth-order valence-electron chi connectivity index (χ4n) is 3.04. The molecule has 0 atom stereocenters. The first kappa shape index (κ1) is 18.6. The molecule has 136 valence electrons. The van der Waals surface area contributed by atoms with Gasteiger partial charge in [-0.15, -0.1) is 0 Å². The monoisotopic (exact) mass is 358 g/mol. The van der Waals surface area contributed by atoms with Crippen LogP contribution in [0.4, 0.5) is 0 Å². The minimum absolute atomic E-state index is 0.218. The van der Waals surface area contributed by atoms with Crippen molar-refractivity contribution in [2.24, 2.45) is 0 Å². The first-order chi connectivity index (χ1) is 13.2. The van der Waals surface area contributed by atoms with Crippen LogP contribution >= 0.6 is 0 Å². The maximum Gasteiger partial charge on any atom is 0.325 e. The molecule has 0 heterocycles. The van der Waals surface area contributed by atoms with Crippen molar-refractivity contribution >= 4 is 11.5 Å². The quantitative estimate of drug-likeness (QED) is 0.519. The molecule has 0 saturated carbocycles. The number of benzene rings is 3. The van der Waals surface area contributed by atoms with Crippen LogP contribution in [0.15, 0.2) is 97.3 Å². The van der Waals surface area contributed by atoms with E-state index < -0.39 is 11.4 Å². The molecule has 0 aliphatic carbocycles. The number of rotatable bonds is 6. The third-order valence-electron chi connectivity index (χ3n) is 4.73. The Morgan fingerprint density at radius 1 is 0.852 bits per heavy atom. The number of aliphatic hydroxyl groups excluding tert-OH is 1. The Bertz CT molecular complexity index is 861. The Hall–Kier alpha value is -3.17. The van der Waals surface area contributed by atoms with Crippen LogP contribution in [-0.2, 0) is 14.9 Å². The summed E-state index contributed by atoms with van der Waals surface area (Å²) in [7, 11) is 0. The molecule has 0 aromatic heterocycles. The van der Waals surface area contributed by atoms with Crippen molar-refractivity contribution in [2.75, 3.05) is 6.61 Å². The summed E-state index contributed by atoms with van der Waals surface area (Å²) >= 11 is 0. The van der Waals surface area contributed by atoms with Crippen molar-refractivity contribution in [1.29, 1.82) is 0 Å². The molecule has 0 spiro atoms. The van der Waals surface area contributed by atoms with Crippen LogP contribution in [-0.4, -0.2) is 17.7 Å². The number of hydrogen-bond acceptors (Lipinski definition) is 3. The van der Waals surface area contributed by atoms with E-state index in [9.17, 15) is 9.90 Å². The lowest BCUT2D eigenvalue weighted by molar-refractivity contribution is -0.142. The second-order valence-corrected chi connectivity index (χ2v) is 6.43. The molecule has 0 amide bonds. The van der Waals surface area contributed by atoms with Crippen molar-refractivity contribution in [1.82, 2.24) is 0 Å². The second-order valence-electron chi connectivity index (χ2n) is 6.43. The normalized spacial score (nSPS) is 11.9.